The lowest BCUT2D eigenvalue weighted by Crippen LogP contribution is -2.40. The first kappa shape index (κ1) is 15.8. The molecule has 0 unspecified atom stereocenters. The van der Waals surface area contributed by atoms with E-state index in [4.69, 9.17) is 23.2 Å². The summed E-state index contributed by atoms with van der Waals surface area (Å²) in [6.07, 6.45) is 0. The molecule has 0 aliphatic heterocycles. The maximum absolute atomic E-state index is 11.9. The monoisotopic (exact) mass is 302 g/mol. The molecule has 0 aromatic heterocycles. The van der Waals surface area contributed by atoms with Crippen molar-refractivity contribution < 1.29 is 9.59 Å². The zero-order valence-electron chi connectivity index (χ0n) is 10.9. The summed E-state index contributed by atoms with van der Waals surface area (Å²) in [4.78, 5) is 25.3. The average Bonchev–Trinajstić information content (AvgIpc) is 2.37. The van der Waals surface area contributed by atoms with E-state index in [1.54, 1.807) is 11.0 Å². The van der Waals surface area contributed by atoms with Crippen LogP contribution in [0.2, 0.25) is 10.0 Å². The van der Waals surface area contributed by atoms with Gasteiger partial charge in [-0.25, -0.2) is 0 Å². The second-order valence-electron chi connectivity index (χ2n) is 3.87. The number of amides is 2. The Bertz CT molecular complexity index is 474. The summed E-state index contributed by atoms with van der Waals surface area (Å²) >= 11 is 11.7. The number of hydrogen-bond acceptors (Lipinski definition) is 2. The number of halogens is 2. The zero-order chi connectivity index (χ0) is 14.4. The summed E-state index contributed by atoms with van der Waals surface area (Å²) < 4.78 is 0. The SMILES string of the molecule is CCN(CC)C(=O)CNC(=O)c1ccc(Cl)cc1Cl. The number of nitrogens with zero attached hydrogens (tertiary/aromatic N) is 1. The van der Waals surface area contributed by atoms with Crippen LogP contribution in [0.1, 0.15) is 24.2 Å². The van der Waals surface area contributed by atoms with Gasteiger partial charge >= 0.3 is 0 Å². The highest BCUT2D eigenvalue weighted by atomic mass is 35.5. The molecular weight excluding hydrogens is 287 g/mol. The molecule has 0 aliphatic carbocycles. The van der Waals surface area contributed by atoms with E-state index in [9.17, 15) is 9.59 Å². The average molecular weight is 303 g/mol. The maximum atomic E-state index is 11.9. The van der Waals surface area contributed by atoms with Gasteiger partial charge in [-0.2, -0.15) is 0 Å². The number of nitrogens with one attached hydrogen (secondary N) is 1. The van der Waals surface area contributed by atoms with E-state index in [1.165, 1.54) is 12.1 Å². The van der Waals surface area contributed by atoms with Crippen molar-refractivity contribution in [3.8, 4) is 0 Å². The Balaban J connectivity index is 2.63. The molecule has 6 heteroatoms. The third kappa shape index (κ3) is 4.40. The molecule has 1 aromatic carbocycles. The molecule has 1 aromatic rings. The molecule has 0 aliphatic rings. The number of hydrogen-bond donors (Lipinski definition) is 1. The van der Waals surface area contributed by atoms with Crippen LogP contribution in [0.5, 0.6) is 0 Å². The van der Waals surface area contributed by atoms with Crippen LogP contribution >= 0.6 is 23.2 Å². The third-order valence-corrected chi connectivity index (χ3v) is 3.24. The van der Waals surface area contributed by atoms with Gasteiger partial charge in [-0.1, -0.05) is 23.2 Å². The molecular formula is C13H16Cl2N2O2. The van der Waals surface area contributed by atoms with Crippen LogP contribution in [0.4, 0.5) is 0 Å². The maximum Gasteiger partial charge on any atom is 0.253 e. The van der Waals surface area contributed by atoms with Gasteiger partial charge in [-0.05, 0) is 32.0 Å². The van der Waals surface area contributed by atoms with Crippen molar-refractivity contribution in [1.82, 2.24) is 10.2 Å². The number of rotatable bonds is 5. The molecule has 0 fully saturated rings. The van der Waals surface area contributed by atoms with Crippen molar-refractivity contribution in [2.45, 2.75) is 13.8 Å². The minimum absolute atomic E-state index is 0.0422. The lowest BCUT2D eigenvalue weighted by atomic mass is 10.2. The molecule has 2 amide bonds. The van der Waals surface area contributed by atoms with Gasteiger partial charge in [0.2, 0.25) is 5.91 Å². The Hall–Kier alpha value is -1.26. The highest BCUT2D eigenvalue weighted by Gasteiger charge is 2.14. The van der Waals surface area contributed by atoms with Crippen LogP contribution < -0.4 is 5.32 Å². The first-order chi connectivity index (χ1) is 8.99. The lowest BCUT2D eigenvalue weighted by molar-refractivity contribution is -0.129. The fourth-order valence-corrected chi connectivity index (χ4v) is 2.11. The van der Waals surface area contributed by atoms with Crippen LogP contribution in [0, 0.1) is 0 Å². The molecule has 104 valence electrons. The molecule has 0 heterocycles. The Labute approximate surface area is 122 Å². The van der Waals surface area contributed by atoms with Gasteiger partial charge in [0, 0.05) is 18.1 Å². The largest absolute Gasteiger partial charge is 0.343 e. The number of carbonyl (C=O) groups is 2. The zero-order valence-corrected chi connectivity index (χ0v) is 12.4. The second-order valence-corrected chi connectivity index (χ2v) is 4.72. The normalized spacial score (nSPS) is 10.1. The van der Waals surface area contributed by atoms with Gasteiger partial charge in [-0.3, -0.25) is 9.59 Å². The Kier molecular flexibility index (Phi) is 6.12. The van der Waals surface area contributed by atoms with Gasteiger partial charge in [0.1, 0.15) is 0 Å². The molecule has 0 atom stereocenters. The first-order valence-corrected chi connectivity index (χ1v) is 6.76. The summed E-state index contributed by atoms with van der Waals surface area (Å²) in [5, 5.41) is 3.27. The van der Waals surface area contributed by atoms with Crippen LogP contribution in [0.3, 0.4) is 0 Å². The highest BCUT2D eigenvalue weighted by Crippen LogP contribution is 2.20. The molecule has 4 nitrogen and oxygen atoms in total. The Morgan fingerprint density at radius 3 is 2.37 bits per heavy atom. The van der Waals surface area contributed by atoms with E-state index >= 15 is 0 Å². The van der Waals surface area contributed by atoms with Gasteiger partial charge in [0.05, 0.1) is 17.1 Å². The topological polar surface area (TPSA) is 49.4 Å². The molecule has 0 radical (unpaired) electrons. The number of benzene rings is 1. The fraction of sp³-hybridized carbons (Fsp3) is 0.385. The van der Waals surface area contributed by atoms with E-state index in [2.05, 4.69) is 5.32 Å². The molecule has 0 bridgehead atoms. The smallest absolute Gasteiger partial charge is 0.253 e. The predicted octanol–water partition coefficient (Wildman–Crippen LogP) is 2.59. The van der Waals surface area contributed by atoms with Gasteiger partial charge in [-0.15, -0.1) is 0 Å². The molecule has 0 saturated carbocycles. The molecule has 0 spiro atoms. The summed E-state index contributed by atoms with van der Waals surface area (Å²) in [5.41, 5.74) is 0.304. The van der Waals surface area contributed by atoms with Crippen molar-refractivity contribution in [2.75, 3.05) is 19.6 Å². The van der Waals surface area contributed by atoms with Crippen molar-refractivity contribution >= 4 is 35.0 Å². The minimum Gasteiger partial charge on any atom is -0.343 e. The highest BCUT2D eigenvalue weighted by molar-refractivity contribution is 6.36. The van der Waals surface area contributed by atoms with Gasteiger partial charge < -0.3 is 10.2 Å². The van der Waals surface area contributed by atoms with E-state index in [0.717, 1.165) is 0 Å². The Morgan fingerprint density at radius 2 is 1.84 bits per heavy atom. The summed E-state index contributed by atoms with van der Waals surface area (Å²) in [5.74, 6) is -0.509. The Morgan fingerprint density at radius 1 is 1.21 bits per heavy atom. The lowest BCUT2D eigenvalue weighted by Gasteiger charge is -2.18. The number of carbonyl (C=O) groups excluding carboxylic acids is 2. The van der Waals surface area contributed by atoms with E-state index < -0.39 is 0 Å². The van der Waals surface area contributed by atoms with Crippen molar-refractivity contribution in [2.24, 2.45) is 0 Å². The predicted molar refractivity (Wildman–Crippen MR) is 76.7 cm³/mol. The minimum atomic E-state index is -0.387. The van der Waals surface area contributed by atoms with Crippen molar-refractivity contribution in [3.63, 3.8) is 0 Å². The molecule has 1 N–H and O–H groups in total. The van der Waals surface area contributed by atoms with Gasteiger partial charge in [0.25, 0.3) is 5.91 Å². The standard InChI is InChI=1S/C13H16Cl2N2O2/c1-3-17(4-2)12(18)8-16-13(19)10-6-5-9(14)7-11(10)15/h5-7H,3-4,8H2,1-2H3,(H,16,19). The summed E-state index contributed by atoms with van der Waals surface area (Å²) in [6, 6.07) is 4.60. The fourth-order valence-electron chi connectivity index (χ4n) is 1.61. The second kappa shape index (κ2) is 7.36. The van der Waals surface area contributed by atoms with E-state index in [1.807, 2.05) is 13.8 Å². The number of likely N-dealkylation sites (N-methyl/N-ethyl adjacent to an activating group) is 1. The molecule has 1 rings (SSSR count). The third-order valence-electron chi connectivity index (χ3n) is 2.69. The van der Waals surface area contributed by atoms with Crippen LogP contribution in [0.15, 0.2) is 18.2 Å². The molecule has 0 saturated heterocycles. The molecule has 19 heavy (non-hydrogen) atoms. The summed E-state index contributed by atoms with van der Waals surface area (Å²) in [6.45, 7) is 4.97. The first-order valence-electron chi connectivity index (χ1n) is 6.00. The van der Waals surface area contributed by atoms with Crippen LogP contribution in [-0.4, -0.2) is 36.3 Å². The van der Waals surface area contributed by atoms with Gasteiger partial charge in [0.15, 0.2) is 0 Å². The van der Waals surface area contributed by atoms with Crippen molar-refractivity contribution in [3.05, 3.63) is 33.8 Å². The van der Waals surface area contributed by atoms with Crippen molar-refractivity contribution in [1.29, 1.82) is 0 Å². The van der Waals surface area contributed by atoms with Crippen LogP contribution in [-0.2, 0) is 4.79 Å². The van der Waals surface area contributed by atoms with Crippen LogP contribution in [0.25, 0.3) is 0 Å². The van der Waals surface area contributed by atoms with E-state index in [0.29, 0.717) is 23.7 Å². The summed E-state index contributed by atoms with van der Waals surface area (Å²) in [7, 11) is 0. The van der Waals surface area contributed by atoms with E-state index in [-0.39, 0.29) is 23.4 Å². The quantitative estimate of drug-likeness (QED) is 0.909.